The topological polar surface area (TPSA) is 111 Å². The van der Waals surface area contributed by atoms with E-state index in [9.17, 15) is 4.79 Å². The maximum absolute atomic E-state index is 11.6. The number of carbonyl (C=O) groups excluding carboxylic acids is 1. The van der Waals surface area contributed by atoms with Crippen molar-refractivity contribution in [3.63, 3.8) is 0 Å². The summed E-state index contributed by atoms with van der Waals surface area (Å²) in [7, 11) is 0. The average molecular weight is 551 g/mol. The van der Waals surface area contributed by atoms with Gasteiger partial charge >= 0.3 is 0 Å². The van der Waals surface area contributed by atoms with Crippen molar-refractivity contribution in [1.29, 1.82) is 0 Å². The normalized spacial score (nSPS) is 16.1. The van der Waals surface area contributed by atoms with Gasteiger partial charge in [0.05, 0.1) is 17.8 Å². The van der Waals surface area contributed by atoms with Crippen LogP contribution in [-0.2, 0) is 17.9 Å². The summed E-state index contributed by atoms with van der Waals surface area (Å²) >= 11 is 6.36. The Hall–Kier alpha value is -3.20. The van der Waals surface area contributed by atoms with Crippen LogP contribution in [0.4, 0.5) is 5.82 Å². The average Bonchev–Trinajstić information content (AvgIpc) is 2.89. The van der Waals surface area contributed by atoms with Crippen molar-refractivity contribution >= 4 is 23.3 Å². The number of ether oxygens (including phenoxy) is 1. The molecule has 0 radical (unpaired) electrons. The molecule has 1 aromatic heterocycles. The van der Waals surface area contributed by atoms with Crippen molar-refractivity contribution < 1.29 is 9.53 Å². The molecule has 2 aromatic carbocycles. The molecule has 1 fully saturated rings. The zero-order valence-electron chi connectivity index (χ0n) is 23.5. The molecule has 1 saturated heterocycles. The molecule has 1 aliphatic rings. The van der Waals surface area contributed by atoms with Gasteiger partial charge in [-0.3, -0.25) is 9.69 Å². The van der Waals surface area contributed by atoms with E-state index in [4.69, 9.17) is 37.8 Å². The highest BCUT2D eigenvalue weighted by Crippen LogP contribution is 2.32. The zero-order valence-corrected chi connectivity index (χ0v) is 24.3. The first-order valence-electron chi connectivity index (χ1n) is 13.4. The van der Waals surface area contributed by atoms with Gasteiger partial charge in [-0.15, -0.1) is 0 Å². The third-order valence-electron chi connectivity index (χ3n) is 7.40. The molecule has 9 heteroatoms. The summed E-state index contributed by atoms with van der Waals surface area (Å²) in [5.74, 6) is 2.35. The predicted molar refractivity (Wildman–Crippen MR) is 157 cm³/mol. The van der Waals surface area contributed by atoms with Crippen LogP contribution < -0.4 is 21.1 Å². The van der Waals surface area contributed by atoms with E-state index >= 15 is 0 Å². The van der Waals surface area contributed by atoms with Crippen LogP contribution in [0.5, 0.6) is 5.75 Å². The Balaban J connectivity index is 1.74. The fourth-order valence-corrected chi connectivity index (χ4v) is 5.14. The number of anilines is 1. The summed E-state index contributed by atoms with van der Waals surface area (Å²) in [5, 5.41) is 0.603. The van der Waals surface area contributed by atoms with Crippen LogP contribution in [0.2, 0.25) is 5.02 Å². The molecule has 1 amide bonds. The third kappa shape index (κ3) is 6.69. The van der Waals surface area contributed by atoms with Gasteiger partial charge < -0.3 is 21.1 Å². The van der Waals surface area contributed by atoms with E-state index < -0.39 is 0 Å². The van der Waals surface area contributed by atoms with Crippen LogP contribution in [0.1, 0.15) is 54.6 Å². The minimum Gasteiger partial charge on any atom is -0.488 e. The molecule has 0 bridgehead atoms. The summed E-state index contributed by atoms with van der Waals surface area (Å²) in [4.78, 5) is 25.9. The molecule has 208 valence electrons. The number of halogens is 1. The van der Waals surface area contributed by atoms with Crippen molar-refractivity contribution in [1.82, 2.24) is 14.9 Å². The van der Waals surface area contributed by atoms with Crippen molar-refractivity contribution in [2.45, 2.75) is 59.7 Å². The highest BCUT2D eigenvalue weighted by molar-refractivity contribution is 6.30. The Bertz CT molecular complexity index is 1350. The highest BCUT2D eigenvalue weighted by Gasteiger charge is 2.28. The maximum atomic E-state index is 11.6. The maximum Gasteiger partial charge on any atom is 0.231 e. The third-order valence-corrected chi connectivity index (χ3v) is 7.63. The molecule has 0 saturated carbocycles. The highest BCUT2D eigenvalue weighted by atomic mass is 35.5. The lowest BCUT2D eigenvalue weighted by Gasteiger charge is -2.40. The Morgan fingerprint density at radius 3 is 2.59 bits per heavy atom. The smallest absolute Gasteiger partial charge is 0.231 e. The molecule has 1 aliphatic heterocycles. The second-order valence-electron chi connectivity index (χ2n) is 10.6. The molecule has 4 N–H and O–H groups in total. The molecule has 0 aliphatic carbocycles. The van der Waals surface area contributed by atoms with Crippen LogP contribution in [-0.4, -0.2) is 53.0 Å². The Labute approximate surface area is 236 Å². The molecular formula is C30H39ClN6O2. The van der Waals surface area contributed by atoms with E-state index in [1.54, 1.807) is 0 Å². The largest absolute Gasteiger partial charge is 0.488 e. The number of rotatable bonds is 9. The molecule has 3 aromatic rings. The zero-order chi connectivity index (χ0) is 28.3. The van der Waals surface area contributed by atoms with Crippen LogP contribution >= 0.6 is 11.6 Å². The van der Waals surface area contributed by atoms with Crippen molar-refractivity contribution in [3.8, 4) is 17.1 Å². The first-order chi connectivity index (χ1) is 18.6. The fourth-order valence-electron chi connectivity index (χ4n) is 4.97. The quantitative estimate of drug-likeness (QED) is 0.401. The molecule has 39 heavy (non-hydrogen) atoms. The van der Waals surface area contributed by atoms with Gasteiger partial charge in [-0.25, -0.2) is 9.97 Å². The number of benzene rings is 2. The number of hydrogen-bond donors (Lipinski definition) is 2. The van der Waals surface area contributed by atoms with Gasteiger partial charge in [-0.1, -0.05) is 43.6 Å². The minimum atomic E-state index is -0.321. The summed E-state index contributed by atoms with van der Waals surface area (Å²) < 4.78 is 6.42. The van der Waals surface area contributed by atoms with E-state index in [0.717, 1.165) is 39.5 Å². The predicted octanol–water partition coefficient (Wildman–Crippen LogP) is 4.57. The SMILES string of the molecule is Cc1ccc(C(C)C)cc1OCc1c(C)nc(-c2cc(Cl)ccc2CN)nc1N1CCN(CC(N)=O)[C@H](C)C1. The summed E-state index contributed by atoms with van der Waals surface area (Å²) in [6.45, 7) is 13.5. The van der Waals surface area contributed by atoms with Crippen molar-refractivity contribution in [2.24, 2.45) is 11.5 Å². The van der Waals surface area contributed by atoms with Crippen LogP contribution in [0, 0.1) is 13.8 Å². The first kappa shape index (κ1) is 28.8. The molecule has 0 spiro atoms. The van der Waals surface area contributed by atoms with Gasteiger partial charge in [0.2, 0.25) is 5.91 Å². The van der Waals surface area contributed by atoms with E-state index in [1.807, 2.05) is 25.1 Å². The standard InChI is InChI=1S/C30H39ClN6O2/c1-18(2)22-7-6-19(3)27(12-22)39-17-26-21(5)34-29(25-13-24(31)9-8-23(25)14-32)35-30(26)37-11-10-36(16-28(33)38)20(4)15-37/h6-9,12-13,18,20H,10-11,14-17,32H2,1-5H3,(H2,33,38)/t20-/m1/s1. The van der Waals surface area contributed by atoms with Crippen LogP contribution in [0.3, 0.4) is 0 Å². The lowest BCUT2D eigenvalue weighted by molar-refractivity contribution is -0.119. The number of nitrogens with zero attached hydrogens (tertiary/aromatic N) is 4. The monoisotopic (exact) mass is 550 g/mol. The Morgan fingerprint density at radius 2 is 1.92 bits per heavy atom. The lowest BCUT2D eigenvalue weighted by atomic mass is 10.0. The van der Waals surface area contributed by atoms with Crippen molar-refractivity contribution in [2.75, 3.05) is 31.1 Å². The number of nitrogens with two attached hydrogens (primary N) is 2. The van der Waals surface area contributed by atoms with Crippen LogP contribution in [0.25, 0.3) is 11.4 Å². The number of carbonyl (C=O) groups is 1. The second kappa shape index (κ2) is 12.3. The van der Waals surface area contributed by atoms with Gasteiger partial charge in [0.25, 0.3) is 0 Å². The van der Waals surface area contributed by atoms with E-state index in [-0.39, 0.29) is 18.5 Å². The van der Waals surface area contributed by atoms with Gasteiger partial charge in [0.1, 0.15) is 18.2 Å². The van der Waals surface area contributed by atoms with Gasteiger partial charge in [0, 0.05) is 42.8 Å². The van der Waals surface area contributed by atoms with E-state index in [1.165, 1.54) is 5.56 Å². The first-order valence-corrected chi connectivity index (χ1v) is 13.8. The molecular weight excluding hydrogens is 512 g/mol. The molecule has 8 nitrogen and oxygen atoms in total. The number of aromatic nitrogens is 2. The van der Waals surface area contributed by atoms with E-state index in [2.05, 4.69) is 55.7 Å². The van der Waals surface area contributed by atoms with E-state index in [0.29, 0.717) is 49.6 Å². The van der Waals surface area contributed by atoms with Gasteiger partial charge in [0.15, 0.2) is 5.82 Å². The van der Waals surface area contributed by atoms with Crippen molar-refractivity contribution in [3.05, 3.63) is 69.4 Å². The molecule has 2 heterocycles. The number of primary amides is 1. The minimum absolute atomic E-state index is 0.120. The number of hydrogen-bond acceptors (Lipinski definition) is 7. The molecule has 1 atom stereocenters. The van der Waals surface area contributed by atoms with Crippen LogP contribution in [0.15, 0.2) is 36.4 Å². The second-order valence-corrected chi connectivity index (χ2v) is 11.1. The Morgan fingerprint density at radius 1 is 1.15 bits per heavy atom. The van der Waals surface area contributed by atoms with Gasteiger partial charge in [-0.05, 0) is 61.6 Å². The summed E-state index contributed by atoms with van der Waals surface area (Å²) in [5.41, 5.74) is 17.4. The molecule has 0 unspecified atom stereocenters. The lowest BCUT2D eigenvalue weighted by Crippen LogP contribution is -2.54. The summed E-state index contributed by atoms with van der Waals surface area (Å²) in [6, 6.07) is 12.1. The summed E-state index contributed by atoms with van der Waals surface area (Å²) in [6.07, 6.45) is 0. The number of aryl methyl sites for hydroxylation is 2. The number of amides is 1. The fraction of sp³-hybridized carbons (Fsp3) is 0.433. The Kier molecular flexibility index (Phi) is 9.10. The number of piperazine rings is 1. The van der Waals surface area contributed by atoms with Gasteiger partial charge in [-0.2, -0.15) is 0 Å². The molecule has 4 rings (SSSR count).